The lowest BCUT2D eigenvalue weighted by Gasteiger charge is -2.44. The summed E-state index contributed by atoms with van der Waals surface area (Å²) in [6, 6.07) is 5.45. The standard InChI is InChI=1S/C15H17F2N3O/c16-15(17)21-12-1-2-13-11(7-12)8-18-20(13)14-9-19-5-3-10(14)4-6-19/h1-2,7-8,10,14-15H,3-6,9H2/t14-/m1/s1. The molecule has 0 aliphatic carbocycles. The first-order chi connectivity index (χ1) is 10.2. The number of nitrogens with zero attached hydrogens (tertiary/aromatic N) is 3. The molecule has 0 unspecified atom stereocenters. The molecule has 0 N–H and O–H groups in total. The van der Waals surface area contributed by atoms with Crippen LogP contribution in [0.15, 0.2) is 24.4 Å². The van der Waals surface area contributed by atoms with Gasteiger partial charge in [-0.05, 0) is 50.0 Å². The van der Waals surface area contributed by atoms with Gasteiger partial charge in [0.15, 0.2) is 0 Å². The van der Waals surface area contributed by atoms with E-state index in [4.69, 9.17) is 0 Å². The number of aromatic nitrogens is 2. The Labute approximate surface area is 121 Å². The van der Waals surface area contributed by atoms with Gasteiger partial charge in [0.25, 0.3) is 0 Å². The van der Waals surface area contributed by atoms with Crippen molar-refractivity contribution in [1.29, 1.82) is 0 Å². The van der Waals surface area contributed by atoms with E-state index in [1.165, 1.54) is 25.9 Å². The Balaban J connectivity index is 1.67. The van der Waals surface area contributed by atoms with Gasteiger partial charge in [-0.25, -0.2) is 0 Å². The third kappa shape index (κ3) is 2.27. The largest absolute Gasteiger partial charge is 0.435 e. The van der Waals surface area contributed by atoms with E-state index in [1.54, 1.807) is 18.3 Å². The van der Waals surface area contributed by atoms with Crippen LogP contribution in [0, 0.1) is 5.92 Å². The summed E-state index contributed by atoms with van der Waals surface area (Å²) in [5.74, 6) is 0.862. The Bertz CT molecular complexity index is 649. The van der Waals surface area contributed by atoms with E-state index in [1.807, 2.05) is 6.07 Å². The zero-order valence-electron chi connectivity index (χ0n) is 11.6. The van der Waals surface area contributed by atoms with Crippen molar-refractivity contribution >= 4 is 10.9 Å². The Kier molecular flexibility index (Phi) is 3.06. The van der Waals surface area contributed by atoms with Gasteiger partial charge in [-0.1, -0.05) is 0 Å². The van der Waals surface area contributed by atoms with E-state index in [9.17, 15) is 8.78 Å². The van der Waals surface area contributed by atoms with Crippen molar-refractivity contribution < 1.29 is 13.5 Å². The third-order valence-corrected chi connectivity index (χ3v) is 4.73. The number of alkyl halides is 2. The molecule has 4 heterocycles. The molecule has 0 amide bonds. The molecule has 3 fully saturated rings. The summed E-state index contributed by atoms with van der Waals surface area (Å²) < 4.78 is 31.1. The summed E-state index contributed by atoms with van der Waals surface area (Å²) in [7, 11) is 0. The lowest BCUT2D eigenvalue weighted by Crippen LogP contribution is -2.48. The number of benzene rings is 1. The summed E-state index contributed by atoms with van der Waals surface area (Å²) in [5, 5.41) is 5.36. The Hall–Kier alpha value is -1.69. The van der Waals surface area contributed by atoms with Crippen LogP contribution < -0.4 is 4.74 Å². The van der Waals surface area contributed by atoms with Crippen molar-refractivity contribution in [3.63, 3.8) is 0 Å². The average molecular weight is 293 g/mol. The smallest absolute Gasteiger partial charge is 0.387 e. The van der Waals surface area contributed by atoms with Crippen LogP contribution in [0.4, 0.5) is 8.78 Å². The maximum atomic E-state index is 12.3. The summed E-state index contributed by atoms with van der Waals surface area (Å²) in [6.07, 6.45) is 4.18. The molecule has 3 saturated heterocycles. The molecule has 3 aliphatic rings. The summed E-state index contributed by atoms with van der Waals surface area (Å²) >= 11 is 0. The molecule has 112 valence electrons. The lowest BCUT2D eigenvalue weighted by atomic mass is 9.84. The van der Waals surface area contributed by atoms with Gasteiger partial charge < -0.3 is 9.64 Å². The first kappa shape index (κ1) is 13.0. The van der Waals surface area contributed by atoms with Gasteiger partial charge in [0.1, 0.15) is 5.75 Å². The molecule has 2 aromatic rings. The van der Waals surface area contributed by atoms with Crippen LogP contribution in [0.3, 0.4) is 0 Å². The van der Waals surface area contributed by atoms with Crippen LogP contribution >= 0.6 is 0 Å². The van der Waals surface area contributed by atoms with Gasteiger partial charge in [-0.2, -0.15) is 13.9 Å². The molecule has 2 bridgehead atoms. The van der Waals surface area contributed by atoms with Gasteiger partial charge in [0, 0.05) is 11.9 Å². The second-order valence-electron chi connectivity index (χ2n) is 5.89. The number of ether oxygens (including phenoxy) is 1. The van der Waals surface area contributed by atoms with Crippen molar-refractivity contribution in [2.24, 2.45) is 5.92 Å². The minimum atomic E-state index is -2.79. The first-order valence-corrected chi connectivity index (χ1v) is 7.35. The van der Waals surface area contributed by atoms with E-state index in [-0.39, 0.29) is 5.75 Å². The monoisotopic (exact) mass is 293 g/mol. The molecule has 3 aliphatic heterocycles. The van der Waals surface area contributed by atoms with Crippen LogP contribution in [-0.4, -0.2) is 40.9 Å². The number of rotatable bonds is 3. The molecule has 0 spiro atoms. The highest BCUT2D eigenvalue weighted by molar-refractivity contribution is 5.80. The second-order valence-corrected chi connectivity index (χ2v) is 5.89. The molecule has 0 saturated carbocycles. The average Bonchev–Trinajstić information content (AvgIpc) is 2.90. The molecule has 6 heteroatoms. The van der Waals surface area contributed by atoms with Crippen molar-refractivity contribution in [3.05, 3.63) is 24.4 Å². The Morgan fingerprint density at radius 3 is 2.71 bits per heavy atom. The van der Waals surface area contributed by atoms with E-state index in [0.717, 1.165) is 17.4 Å². The number of halogens is 2. The van der Waals surface area contributed by atoms with Crippen molar-refractivity contribution in [2.45, 2.75) is 25.5 Å². The quantitative estimate of drug-likeness (QED) is 0.871. The zero-order chi connectivity index (χ0) is 14.4. The van der Waals surface area contributed by atoms with E-state index < -0.39 is 6.61 Å². The third-order valence-electron chi connectivity index (χ3n) is 4.73. The second kappa shape index (κ2) is 4.94. The fraction of sp³-hybridized carbons (Fsp3) is 0.533. The minimum Gasteiger partial charge on any atom is -0.435 e. The number of fused-ring (bicyclic) bond motifs is 4. The zero-order valence-corrected chi connectivity index (χ0v) is 11.6. The fourth-order valence-corrected chi connectivity index (χ4v) is 3.68. The number of hydrogen-bond acceptors (Lipinski definition) is 3. The molecular formula is C15H17F2N3O. The predicted molar refractivity (Wildman–Crippen MR) is 74.6 cm³/mol. The highest BCUT2D eigenvalue weighted by Gasteiger charge is 2.36. The van der Waals surface area contributed by atoms with Gasteiger partial charge in [-0.3, -0.25) is 4.68 Å². The van der Waals surface area contributed by atoms with E-state index in [0.29, 0.717) is 12.0 Å². The number of piperidine rings is 3. The van der Waals surface area contributed by atoms with Crippen LogP contribution in [0.25, 0.3) is 10.9 Å². The molecule has 1 atom stereocenters. The molecule has 1 aromatic carbocycles. The van der Waals surface area contributed by atoms with Gasteiger partial charge in [0.2, 0.25) is 0 Å². The van der Waals surface area contributed by atoms with Crippen LogP contribution in [-0.2, 0) is 0 Å². The fourth-order valence-electron chi connectivity index (χ4n) is 3.68. The highest BCUT2D eigenvalue weighted by Crippen LogP contribution is 2.37. The van der Waals surface area contributed by atoms with Crippen LogP contribution in [0.5, 0.6) is 5.75 Å². The van der Waals surface area contributed by atoms with E-state index >= 15 is 0 Å². The van der Waals surface area contributed by atoms with Crippen LogP contribution in [0.2, 0.25) is 0 Å². The molecule has 0 radical (unpaired) electrons. The molecule has 4 nitrogen and oxygen atoms in total. The van der Waals surface area contributed by atoms with Crippen molar-refractivity contribution in [1.82, 2.24) is 14.7 Å². The van der Waals surface area contributed by atoms with Gasteiger partial charge >= 0.3 is 6.61 Å². The predicted octanol–water partition coefficient (Wildman–Crippen LogP) is 2.90. The summed E-state index contributed by atoms with van der Waals surface area (Å²) in [4.78, 5) is 2.48. The minimum absolute atomic E-state index is 0.186. The molecule has 21 heavy (non-hydrogen) atoms. The maximum Gasteiger partial charge on any atom is 0.387 e. The summed E-state index contributed by atoms with van der Waals surface area (Å²) in [5.41, 5.74) is 0.996. The Morgan fingerprint density at radius 2 is 2.05 bits per heavy atom. The SMILES string of the molecule is FC(F)Oc1ccc2c(cnn2[C@@H]2CN3CCC2CC3)c1. The van der Waals surface area contributed by atoms with E-state index in [2.05, 4.69) is 19.4 Å². The maximum absolute atomic E-state index is 12.3. The normalized spacial score (nSPS) is 28.4. The first-order valence-electron chi connectivity index (χ1n) is 7.35. The van der Waals surface area contributed by atoms with Crippen LogP contribution in [0.1, 0.15) is 18.9 Å². The van der Waals surface area contributed by atoms with Gasteiger partial charge in [0.05, 0.1) is 17.8 Å². The van der Waals surface area contributed by atoms with Crippen molar-refractivity contribution in [2.75, 3.05) is 19.6 Å². The lowest BCUT2D eigenvalue weighted by molar-refractivity contribution is -0.0497. The van der Waals surface area contributed by atoms with Crippen molar-refractivity contribution in [3.8, 4) is 5.75 Å². The molecule has 5 rings (SSSR count). The molecular weight excluding hydrogens is 276 g/mol. The molecule has 1 aromatic heterocycles. The summed E-state index contributed by atoms with van der Waals surface area (Å²) in [6.45, 7) is 0.621. The number of hydrogen-bond donors (Lipinski definition) is 0. The Morgan fingerprint density at radius 1 is 1.24 bits per heavy atom. The highest BCUT2D eigenvalue weighted by atomic mass is 19.3. The van der Waals surface area contributed by atoms with Gasteiger partial charge in [-0.15, -0.1) is 0 Å². The topological polar surface area (TPSA) is 30.3 Å².